The van der Waals surface area contributed by atoms with Crippen molar-refractivity contribution < 1.29 is 9.21 Å². The molecule has 0 aliphatic carbocycles. The predicted molar refractivity (Wildman–Crippen MR) is 65.7 cm³/mol. The highest BCUT2D eigenvalue weighted by molar-refractivity contribution is 5.93. The number of nitrogens with one attached hydrogen (secondary N) is 1. The molecule has 2 rings (SSSR count). The lowest BCUT2D eigenvalue weighted by molar-refractivity contribution is 0.100. The van der Waals surface area contributed by atoms with Crippen LogP contribution in [0.4, 0.5) is 5.69 Å². The molecule has 1 amide bonds. The Morgan fingerprint density at radius 2 is 2.00 bits per heavy atom. The van der Waals surface area contributed by atoms with Crippen LogP contribution in [0.15, 0.2) is 40.8 Å². The van der Waals surface area contributed by atoms with Crippen LogP contribution in [0, 0.1) is 11.3 Å². The van der Waals surface area contributed by atoms with Crippen molar-refractivity contribution in [2.45, 2.75) is 6.54 Å². The van der Waals surface area contributed by atoms with Gasteiger partial charge in [0, 0.05) is 11.3 Å². The van der Waals surface area contributed by atoms with E-state index in [1.807, 2.05) is 6.07 Å². The second kappa shape index (κ2) is 5.06. The lowest BCUT2D eigenvalue weighted by Gasteiger charge is -2.04. The van der Waals surface area contributed by atoms with Gasteiger partial charge in [-0.3, -0.25) is 4.79 Å². The van der Waals surface area contributed by atoms with E-state index in [0.29, 0.717) is 17.9 Å². The van der Waals surface area contributed by atoms with Gasteiger partial charge in [-0.25, -0.2) is 0 Å². The van der Waals surface area contributed by atoms with Gasteiger partial charge in [0.1, 0.15) is 11.8 Å². The molecule has 0 saturated heterocycles. The number of rotatable bonds is 4. The van der Waals surface area contributed by atoms with Crippen molar-refractivity contribution >= 4 is 11.6 Å². The van der Waals surface area contributed by atoms with Crippen LogP contribution >= 0.6 is 0 Å². The lowest BCUT2D eigenvalue weighted by atomic mass is 10.2. The molecule has 1 aromatic carbocycles. The third-order valence-corrected chi connectivity index (χ3v) is 2.41. The molecule has 5 nitrogen and oxygen atoms in total. The number of hydrogen-bond acceptors (Lipinski definition) is 4. The molecule has 0 fully saturated rings. The molecule has 3 N–H and O–H groups in total. The number of hydrogen-bond donors (Lipinski definition) is 2. The summed E-state index contributed by atoms with van der Waals surface area (Å²) >= 11 is 0. The van der Waals surface area contributed by atoms with E-state index in [4.69, 9.17) is 15.4 Å². The Balaban J connectivity index is 1.98. The molecular formula is C13H11N3O2. The summed E-state index contributed by atoms with van der Waals surface area (Å²) in [7, 11) is 0. The molecule has 5 heteroatoms. The Hall–Kier alpha value is -2.74. The van der Waals surface area contributed by atoms with Crippen molar-refractivity contribution in [1.29, 1.82) is 5.26 Å². The van der Waals surface area contributed by atoms with Crippen molar-refractivity contribution in [3.63, 3.8) is 0 Å². The number of nitrogens with zero attached hydrogens (tertiary/aromatic N) is 1. The minimum absolute atomic E-state index is 0.288. The number of furan rings is 1. The predicted octanol–water partition coefficient (Wildman–Crippen LogP) is 1.86. The minimum Gasteiger partial charge on any atom is -0.449 e. The average Bonchev–Trinajstić information content (AvgIpc) is 2.85. The highest BCUT2D eigenvalue weighted by atomic mass is 16.3. The van der Waals surface area contributed by atoms with Crippen molar-refractivity contribution in [1.82, 2.24) is 0 Å². The number of primary amides is 1. The van der Waals surface area contributed by atoms with Gasteiger partial charge >= 0.3 is 0 Å². The lowest BCUT2D eigenvalue weighted by Crippen LogP contribution is -2.10. The van der Waals surface area contributed by atoms with Crippen molar-refractivity contribution in [3.05, 3.63) is 53.5 Å². The molecule has 0 saturated carbocycles. The Labute approximate surface area is 104 Å². The standard InChI is InChI=1S/C13H11N3O2/c14-7-11-5-6-12(18-11)8-16-10-3-1-9(2-4-10)13(15)17/h1-6,16H,8H2,(H2,15,17). The third kappa shape index (κ3) is 2.68. The average molecular weight is 241 g/mol. The monoisotopic (exact) mass is 241 g/mol. The molecule has 0 aliphatic rings. The summed E-state index contributed by atoms with van der Waals surface area (Å²) in [5.74, 6) is 0.507. The molecule has 0 spiro atoms. The van der Waals surface area contributed by atoms with Gasteiger partial charge in [-0.2, -0.15) is 5.26 Å². The number of amides is 1. The summed E-state index contributed by atoms with van der Waals surface area (Å²) < 4.78 is 5.22. The zero-order valence-corrected chi connectivity index (χ0v) is 9.51. The van der Waals surface area contributed by atoms with Crippen LogP contribution < -0.4 is 11.1 Å². The molecule has 18 heavy (non-hydrogen) atoms. The highest BCUT2D eigenvalue weighted by Gasteiger charge is 2.02. The summed E-state index contributed by atoms with van der Waals surface area (Å²) in [5.41, 5.74) is 6.45. The van der Waals surface area contributed by atoms with E-state index in [1.165, 1.54) is 0 Å². The van der Waals surface area contributed by atoms with Crippen LogP contribution in [-0.4, -0.2) is 5.91 Å². The number of nitrogens with two attached hydrogens (primary N) is 1. The fraction of sp³-hybridized carbons (Fsp3) is 0.0769. The SMILES string of the molecule is N#Cc1ccc(CNc2ccc(C(N)=O)cc2)o1. The van der Waals surface area contributed by atoms with Crippen molar-refractivity contribution in [3.8, 4) is 6.07 Å². The van der Waals surface area contributed by atoms with E-state index in [-0.39, 0.29) is 5.76 Å². The van der Waals surface area contributed by atoms with E-state index in [1.54, 1.807) is 36.4 Å². The Kier molecular flexibility index (Phi) is 3.30. The Morgan fingerprint density at radius 3 is 2.56 bits per heavy atom. The van der Waals surface area contributed by atoms with Crippen LogP contribution in [0.2, 0.25) is 0 Å². The number of carbonyl (C=O) groups excluding carboxylic acids is 1. The summed E-state index contributed by atoms with van der Waals surface area (Å²) in [6.45, 7) is 0.470. The van der Waals surface area contributed by atoms with Gasteiger partial charge in [0.05, 0.1) is 6.54 Å². The first-order chi connectivity index (χ1) is 8.69. The van der Waals surface area contributed by atoms with E-state index in [2.05, 4.69) is 5.32 Å². The maximum Gasteiger partial charge on any atom is 0.248 e. The van der Waals surface area contributed by atoms with Gasteiger partial charge in [-0.05, 0) is 36.4 Å². The molecule has 0 bridgehead atoms. The molecule has 1 heterocycles. The van der Waals surface area contributed by atoms with E-state index in [9.17, 15) is 4.79 Å². The molecule has 0 radical (unpaired) electrons. The first-order valence-electron chi connectivity index (χ1n) is 5.31. The topological polar surface area (TPSA) is 92.0 Å². The second-order valence-corrected chi connectivity index (χ2v) is 3.67. The number of anilines is 1. The number of carbonyl (C=O) groups is 1. The largest absolute Gasteiger partial charge is 0.449 e. The number of benzene rings is 1. The Morgan fingerprint density at radius 1 is 1.28 bits per heavy atom. The van der Waals surface area contributed by atoms with Gasteiger partial charge in [0.2, 0.25) is 11.7 Å². The summed E-state index contributed by atoms with van der Waals surface area (Å²) in [4.78, 5) is 10.9. The molecule has 1 aromatic heterocycles. The van der Waals surface area contributed by atoms with Crippen molar-refractivity contribution in [2.24, 2.45) is 5.73 Å². The summed E-state index contributed by atoms with van der Waals surface area (Å²) in [5, 5.41) is 11.7. The van der Waals surface area contributed by atoms with Crippen LogP contribution in [0.3, 0.4) is 0 Å². The van der Waals surface area contributed by atoms with Crippen LogP contribution in [-0.2, 0) is 6.54 Å². The third-order valence-electron chi connectivity index (χ3n) is 2.41. The maximum absolute atomic E-state index is 10.9. The van der Waals surface area contributed by atoms with Gasteiger partial charge in [0.15, 0.2) is 0 Å². The number of nitriles is 1. The fourth-order valence-corrected chi connectivity index (χ4v) is 1.47. The van der Waals surface area contributed by atoms with Crippen LogP contribution in [0.1, 0.15) is 21.9 Å². The molecule has 2 aromatic rings. The van der Waals surface area contributed by atoms with E-state index >= 15 is 0 Å². The zero-order valence-electron chi connectivity index (χ0n) is 9.51. The second-order valence-electron chi connectivity index (χ2n) is 3.67. The van der Waals surface area contributed by atoms with Crippen LogP contribution in [0.5, 0.6) is 0 Å². The summed E-state index contributed by atoms with van der Waals surface area (Å²) in [6.07, 6.45) is 0. The Bertz CT molecular complexity index is 593. The van der Waals surface area contributed by atoms with Gasteiger partial charge in [-0.15, -0.1) is 0 Å². The quantitative estimate of drug-likeness (QED) is 0.854. The van der Waals surface area contributed by atoms with Gasteiger partial charge in [-0.1, -0.05) is 0 Å². The van der Waals surface area contributed by atoms with E-state index < -0.39 is 5.91 Å². The van der Waals surface area contributed by atoms with E-state index in [0.717, 1.165) is 5.69 Å². The normalized spacial score (nSPS) is 9.72. The maximum atomic E-state index is 10.9. The van der Waals surface area contributed by atoms with Gasteiger partial charge < -0.3 is 15.5 Å². The first kappa shape index (κ1) is 11.7. The smallest absolute Gasteiger partial charge is 0.248 e. The highest BCUT2D eigenvalue weighted by Crippen LogP contribution is 2.12. The molecule has 0 atom stereocenters. The first-order valence-corrected chi connectivity index (χ1v) is 5.31. The molecular weight excluding hydrogens is 230 g/mol. The zero-order chi connectivity index (χ0) is 13.0. The van der Waals surface area contributed by atoms with Crippen LogP contribution in [0.25, 0.3) is 0 Å². The molecule has 0 unspecified atom stereocenters. The van der Waals surface area contributed by atoms with Crippen molar-refractivity contribution in [2.75, 3.05) is 5.32 Å². The summed E-state index contributed by atoms with van der Waals surface area (Å²) in [6, 6.07) is 12.1. The molecule has 0 aliphatic heterocycles. The minimum atomic E-state index is -0.453. The fourth-order valence-electron chi connectivity index (χ4n) is 1.47. The molecule has 90 valence electrons. The van der Waals surface area contributed by atoms with Gasteiger partial charge in [0.25, 0.3) is 0 Å².